The summed E-state index contributed by atoms with van der Waals surface area (Å²) in [6.07, 6.45) is 8.52. The molecule has 9 atom stereocenters. The second-order valence-electron chi connectivity index (χ2n) is 16.5. The standard InChI is InChI=1S/C42H50N4O7.C2H6/c1-5-40(50)20-26-21-42(39(49)52-4,37-28(12-15-44(22-26)23-40)27-9-6-7-11-32(27)43-37)31-17-30-33(18-35(31)51-3)46(24-47)36-19-34(53-25(2)48)29-10-8-14-45-16-13-41(30,36)38(29)45;1-2/h6-11,17-18,24,26,29,34,36,38,43,50H,5,12-16,19-23H2,1-4H3;1-2H3/t26?,29?,34?,36?,38?,40?,41?,42-;/m0./s1. The summed E-state index contributed by atoms with van der Waals surface area (Å²) in [6.45, 7) is 11.2. The summed E-state index contributed by atoms with van der Waals surface area (Å²) in [5.41, 5.74) is 2.67. The fourth-order valence-electron chi connectivity index (χ4n) is 12.0. The summed E-state index contributed by atoms with van der Waals surface area (Å²) in [6, 6.07) is 12.1. The minimum Gasteiger partial charge on any atom is -0.496 e. The number of carbonyl (C=O) groups is 3. The number of methoxy groups -OCH3 is 2. The lowest BCUT2D eigenvalue weighted by atomic mass is 9.59. The zero-order chi connectivity index (χ0) is 38.9. The van der Waals surface area contributed by atoms with E-state index in [0.717, 1.165) is 72.4 Å². The van der Waals surface area contributed by atoms with Crippen LogP contribution in [0.5, 0.6) is 5.75 Å². The first kappa shape index (κ1) is 37.7. The zero-order valence-corrected chi connectivity index (χ0v) is 33.1. The molecule has 1 spiro atoms. The average Bonchev–Trinajstić information content (AvgIpc) is 3.86. The van der Waals surface area contributed by atoms with Gasteiger partial charge in [0.25, 0.3) is 0 Å². The van der Waals surface area contributed by atoms with Crippen molar-refractivity contribution in [1.29, 1.82) is 0 Å². The largest absolute Gasteiger partial charge is 0.496 e. The normalized spacial score (nSPS) is 34.4. The number of aromatic nitrogens is 1. The predicted molar refractivity (Wildman–Crippen MR) is 210 cm³/mol. The Kier molecular flexibility index (Phi) is 9.66. The van der Waals surface area contributed by atoms with E-state index < -0.39 is 16.4 Å². The maximum atomic E-state index is 15.1. The molecule has 11 heteroatoms. The number of nitrogens with zero attached hydrogens (tertiary/aromatic N) is 3. The van der Waals surface area contributed by atoms with E-state index in [1.165, 1.54) is 14.0 Å². The fraction of sp³-hybridized carbons (Fsp3) is 0.568. The van der Waals surface area contributed by atoms with Gasteiger partial charge >= 0.3 is 11.9 Å². The smallest absolute Gasteiger partial charge is 0.322 e. The summed E-state index contributed by atoms with van der Waals surface area (Å²) in [4.78, 5) is 51.2. The average molecular weight is 753 g/mol. The zero-order valence-electron chi connectivity index (χ0n) is 33.1. The number of hydrogen-bond acceptors (Lipinski definition) is 9. The number of amides is 1. The van der Waals surface area contributed by atoms with E-state index in [9.17, 15) is 14.7 Å². The second kappa shape index (κ2) is 14.1. The van der Waals surface area contributed by atoms with E-state index in [-0.39, 0.29) is 42.0 Å². The number of fused-ring (bicyclic) bond motifs is 6. The molecule has 8 unspecified atom stereocenters. The number of aliphatic hydroxyl groups is 1. The van der Waals surface area contributed by atoms with E-state index in [0.29, 0.717) is 50.0 Å². The number of hydrogen-bond donors (Lipinski definition) is 2. The number of nitrogens with one attached hydrogen (secondary N) is 1. The van der Waals surface area contributed by atoms with Crippen molar-refractivity contribution in [2.45, 2.75) is 101 Å². The minimum absolute atomic E-state index is 0.00902. The summed E-state index contributed by atoms with van der Waals surface area (Å²) in [7, 11) is 3.08. The molecule has 1 saturated carbocycles. The van der Waals surface area contributed by atoms with Crippen molar-refractivity contribution in [2.75, 3.05) is 51.8 Å². The molecule has 0 radical (unpaired) electrons. The summed E-state index contributed by atoms with van der Waals surface area (Å²) >= 11 is 0. The number of benzene rings is 2. The van der Waals surface area contributed by atoms with Crippen LogP contribution >= 0.6 is 0 Å². The van der Waals surface area contributed by atoms with Gasteiger partial charge in [-0.15, -0.1) is 0 Å². The Bertz CT molecular complexity index is 2030. The highest BCUT2D eigenvalue weighted by molar-refractivity contribution is 5.95. The van der Waals surface area contributed by atoms with Gasteiger partial charge in [0, 0.05) is 85.1 Å². The van der Waals surface area contributed by atoms with Gasteiger partial charge in [-0.25, -0.2) is 0 Å². The van der Waals surface area contributed by atoms with Gasteiger partial charge in [-0.3, -0.25) is 24.2 Å². The van der Waals surface area contributed by atoms with E-state index >= 15 is 4.79 Å². The van der Waals surface area contributed by atoms with Gasteiger partial charge in [-0.1, -0.05) is 51.1 Å². The molecular weight excluding hydrogens is 697 g/mol. The van der Waals surface area contributed by atoms with Crippen molar-refractivity contribution >= 4 is 34.9 Å². The number of esters is 2. The molecule has 2 bridgehead atoms. The van der Waals surface area contributed by atoms with Gasteiger partial charge in [0.2, 0.25) is 6.41 Å². The lowest BCUT2D eigenvalue weighted by Crippen LogP contribution is -2.63. The van der Waals surface area contributed by atoms with Crippen LogP contribution in [-0.4, -0.2) is 109 Å². The lowest BCUT2D eigenvalue weighted by Gasteiger charge is -2.52. The number of rotatable bonds is 6. The Morgan fingerprint density at radius 1 is 1.09 bits per heavy atom. The van der Waals surface area contributed by atoms with Crippen LogP contribution in [0.3, 0.4) is 0 Å². The Balaban J connectivity index is 0.00000210. The van der Waals surface area contributed by atoms with Crippen molar-refractivity contribution in [1.82, 2.24) is 14.8 Å². The van der Waals surface area contributed by atoms with Crippen molar-refractivity contribution < 1.29 is 33.7 Å². The molecular formula is C44H56N4O7. The number of para-hydroxylation sites is 1. The molecule has 2 N–H and O–H groups in total. The molecule has 6 heterocycles. The monoisotopic (exact) mass is 752 g/mol. The highest BCUT2D eigenvalue weighted by atomic mass is 16.5. The predicted octanol–water partition coefficient (Wildman–Crippen LogP) is 5.25. The topological polar surface area (TPSA) is 125 Å². The van der Waals surface area contributed by atoms with Gasteiger partial charge < -0.3 is 29.2 Å². The van der Waals surface area contributed by atoms with Crippen LogP contribution in [-0.2, 0) is 41.1 Å². The molecule has 2 saturated heterocycles. The Labute approximate surface area is 324 Å². The lowest BCUT2D eigenvalue weighted by molar-refractivity contribution is -0.153. The molecule has 1 aromatic heterocycles. The number of carbonyl (C=O) groups excluding carboxylic acids is 3. The summed E-state index contributed by atoms with van der Waals surface area (Å²) in [5, 5.41) is 12.9. The van der Waals surface area contributed by atoms with Crippen LogP contribution < -0.4 is 9.64 Å². The number of aromatic amines is 1. The first-order valence-electron chi connectivity index (χ1n) is 20.3. The maximum absolute atomic E-state index is 15.1. The van der Waals surface area contributed by atoms with E-state index in [2.05, 4.69) is 45.1 Å². The minimum atomic E-state index is -1.32. The molecule has 55 heavy (non-hydrogen) atoms. The first-order chi connectivity index (χ1) is 26.6. The number of piperidine rings is 1. The van der Waals surface area contributed by atoms with Crippen molar-refractivity contribution in [3.63, 3.8) is 0 Å². The number of anilines is 1. The molecule has 3 fully saturated rings. The van der Waals surface area contributed by atoms with Gasteiger partial charge in [-0.05, 0) is 67.8 Å². The Hall–Kier alpha value is -4.19. The molecule has 11 nitrogen and oxygen atoms in total. The Morgan fingerprint density at radius 3 is 2.62 bits per heavy atom. The Morgan fingerprint density at radius 2 is 1.89 bits per heavy atom. The second-order valence-corrected chi connectivity index (χ2v) is 16.5. The van der Waals surface area contributed by atoms with Crippen LogP contribution in [0.1, 0.15) is 82.2 Å². The van der Waals surface area contributed by atoms with Crippen LogP contribution in [0.2, 0.25) is 0 Å². The third-order valence-corrected chi connectivity index (χ3v) is 14.0. The third kappa shape index (κ3) is 5.51. The van der Waals surface area contributed by atoms with Gasteiger partial charge in [0.1, 0.15) is 17.3 Å². The summed E-state index contributed by atoms with van der Waals surface area (Å²) in [5.74, 6) is -0.281. The van der Waals surface area contributed by atoms with Crippen molar-refractivity contribution in [2.24, 2.45) is 11.8 Å². The van der Waals surface area contributed by atoms with Crippen molar-refractivity contribution in [3.05, 3.63) is 70.9 Å². The summed E-state index contributed by atoms with van der Waals surface area (Å²) < 4.78 is 18.2. The highest BCUT2D eigenvalue weighted by Gasteiger charge is 2.67. The van der Waals surface area contributed by atoms with Crippen LogP contribution in [0.4, 0.5) is 5.69 Å². The molecule has 3 aromatic rings. The molecule has 1 aliphatic carbocycles. The maximum Gasteiger partial charge on any atom is 0.322 e. The third-order valence-electron chi connectivity index (χ3n) is 14.0. The van der Waals surface area contributed by atoms with Crippen LogP contribution in [0, 0.1) is 11.8 Å². The van der Waals surface area contributed by atoms with Crippen LogP contribution in [0.25, 0.3) is 10.9 Å². The highest BCUT2D eigenvalue weighted by Crippen LogP contribution is 2.62. The van der Waals surface area contributed by atoms with Gasteiger partial charge in [-0.2, -0.15) is 0 Å². The van der Waals surface area contributed by atoms with E-state index in [1.807, 2.05) is 43.9 Å². The van der Waals surface area contributed by atoms with Crippen LogP contribution in [0.15, 0.2) is 48.6 Å². The molecule has 1 amide bonds. The van der Waals surface area contributed by atoms with E-state index in [1.54, 1.807) is 7.11 Å². The molecule has 9 rings (SSSR count). The number of H-pyrrole nitrogens is 1. The molecule has 5 aliphatic heterocycles. The molecule has 294 valence electrons. The fourth-order valence-corrected chi connectivity index (χ4v) is 12.0. The van der Waals surface area contributed by atoms with Gasteiger partial charge in [0.05, 0.1) is 31.5 Å². The SMILES string of the molecule is CC.CCC1(O)CC2CN(CCc3c([nH]c4ccccc34)[C@@](C(=O)OC)(c3cc4c(cc3OC)N(C=O)C3CC(OC(C)=O)C5C=CCN6CCC43C56)C2)C1. The van der Waals surface area contributed by atoms with E-state index in [4.69, 9.17) is 14.2 Å². The number of ether oxygens (including phenoxy) is 3. The van der Waals surface area contributed by atoms with Gasteiger partial charge in [0.15, 0.2) is 0 Å². The quantitative estimate of drug-likeness (QED) is 0.198. The molecule has 2 aromatic carbocycles. The van der Waals surface area contributed by atoms with Crippen molar-refractivity contribution in [3.8, 4) is 5.75 Å². The molecule has 6 aliphatic rings. The first-order valence-corrected chi connectivity index (χ1v) is 20.3.